The molecule has 0 atom stereocenters. The lowest BCUT2D eigenvalue weighted by molar-refractivity contribution is 0.144. The number of thioether (sulfide) groups is 1. The Kier molecular flexibility index (Phi) is 5.37. The minimum absolute atomic E-state index is 0.471. The number of benzene rings is 2. The van der Waals surface area contributed by atoms with Gasteiger partial charge in [-0.2, -0.15) is 5.10 Å². The van der Waals surface area contributed by atoms with Crippen molar-refractivity contribution in [2.75, 3.05) is 6.26 Å². The van der Waals surface area contributed by atoms with Crippen LogP contribution in [0.15, 0.2) is 65.7 Å². The average Bonchev–Trinajstić information content (AvgIpc) is 3.30. The van der Waals surface area contributed by atoms with Crippen LogP contribution < -0.4 is 5.32 Å². The van der Waals surface area contributed by atoms with Gasteiger partial charge in [0.1, 0.15) is 0 Å². The van der Waals surface area contributed by atoms with E-state index in [4.69, 9.17) is 4.98 Å². The highest BCUT2D eigenvalue weighted by Gasteiger charge is 2.40. The molecule has 7 heteroatoms. The minimum atomic E-state index is -0.973. The first-order valence-electron chi connectivity index (χ1n) is 11.9. The lowest BCUT2D eigenvalue weighted by atomic mass is 9.71. The molecule has 0 unspecified atom stereocenters. The molecule has 176 valence electrons. The summed E-state index contributed by atoms with van der Waals surface area (Å²) in [4.78, 5) is 16.6. The van der Waals surface area contributed by atoms with Crippen LogP contribution in [0.3, 0.4) is 0 Å². The Morgan fingerprint density at radius 2 is 1.77 bits per heavy atom. The fraction of sp³-hybridized carbons (Fsp3) is 0.250. The third kappa shape index (κ3) is 3.71. The molecule has 2 aliphatic rings. The first-order valence-corrected chi connectivity index (χ1v) is 13.1. The Bertz CT molecular complexity index is 1410. The lowest BCUT2D eigenvalue weighted by Gasteiger charge is -2.42. The summed E-state index contributed by atoms with van der Waals surface area (Å²) in [7, 11) is 0. The number of H-pyrrole nitrogens is 1. The predicted molar refractivity (Wildman–Crippen MR) is 139 cm³/mol. The number of nitrogens with zero attached hydrogens (tertiary/aromatic N) is 2. The van der Waals surface area contributed by atoms with Gasteiger partial charge in [0.25, 0.3) is 0 Å². The van der Waals surface area contributed by atoms with Crippen molar-refractivity contribution >= 4 is 17.9 Å². The number of aromatic amines is 1. The van der Waals surface area contributed by atoms with Gasteiger partial charge in [0.15, 0.2) is 0 Å². The largest absolute Gasteiger partial charge is 0.465 e. The first kappa shape index (κ1) is 21.9. The van der Waals surface area contributed by atoms with Gasteiger partial charge >= 0.3 is 6.09 Å². The normalized spacial score (nSPS) is 15.6. The van der Waals surface area contributed by atoms with Crippen molar-refractivity contribution in [2.45, 2.75) is 42.7 Å². The number of hydrogen-bond acceptors (Lipinski definition) is 4. The van der Waals surface area contributed by atoms with Crippen LogP contribution in [-0.4, -0.2) is 32.6 Å². The molecule has 0 aliphatic heterocycles. The summed E-state index contributed by atoms with van der Waals surface area (Å²) < 4.78 is 0. The van der Waals surface area contributed by atoms with E-state index in [-0.39, 0.29) is 0 Å². The van der Waals surface area contributed by atoms with Crippen LogP contribution >= 0.6 is 11.8 Å². The number of aryl methyl sites for hydroxylation is 1. The Hall–Kier alpha value is -3.58. The van der Waals surface area contributed by atoms with E-state index in [1.165, 1.54) is 5.56 Å². The predicted octanol–water partition coefficient (Wildman–Crippen LogP) is 6.27. The summed E-state index contributed by atoms with van der Waals surface area (Å²) in [5, 5.41) is 21.1. The van der Waals surface area contributed by atoms with Crippen LogP contribution in [-0.2, 0) is 18.4 Å². The Labute approximate surface area is 208 Å². The molecule has 0 bridgehead atoms. The van der Waals surface area contributed by atoms with E-state index < -0.39 is 11.6 Å². The maximum Gasteiger partial charge on any atom is 0.405 e. The van der Waals surface area contributed by atoms with Crippen LogP contribution in [0.2, 0.25) is 0 Å². The Morgan fingerprint density at radius 3 is 2.43 bits per heavy atom. The van der Waals surface area contributed by atoms with Gasteiger partial charge in [-0.05, 0) is 55.6 Å². The molecule has 2 aromatic carbocycles. The number of pyridine rings is 1. The summed E-state index contributed by atoms with van der Waals surface area (Å²) in [5.74, 6) is 0. The molecular weight excluding hydrogens is 456 g/mol. The molecule has 35 heavy (non-hydrogen) atoms. The zero-order chi connectivity index (χ0) is 24.0. The highest BCUT2D eigenvalue weighted by molar-refractivity contribution is 7.98. The fourth-order valence-electron chi connectivity index (χ4n) is 5.39. The van der Waals surface area contributed by atoms with Crippen molar-refractivity contribution in [3.63, 3.8) is 0 Å². The van der Waals surface area contributed by atoms with Gasteiger partial charge in [-0.25, -0.2) is 4.79 Å². The van der Waals surface area contributed by atoms with Gasteiger partial charge in [-0.15, -0.1) is 11.8 Å². The van der Waals surface area contributed by atoms with Crippen molar-refractivity contribution in [3.05, 3.63) is 77.5 Å². The highest BCUT2D eigenvalue weighted by Crippen LogP contribution is 2.43. The van der Waals surface area contributed by atoms with E-state index in [1.54, 1.807) is 11.8 Å². The topological polar surface area (TPSA) is 90.9 Å². The van der Waals surface area contributed by atoms with Crippen molar-refractivity contribution < 1.29 is 9.90 Å². The monoisotopic (exact) mass is 482 g/mol. The molecule has 2 heterocycles. The number of carbonyl (C=O) groups is 1. The first-order chi connectivity index (χ1) is 17.1. The summed E-state index contributed by atoms with van der Waals surface area (Å²) in [6, 6.07) is 20.8. The van der Waals surface area contributed by atoms with Crippen LogP contribution in [0.5, 0.6) is 0 Å². The third-order valence-electron chi connectivity index (χ3n) is 7.35. The second-order valence-electron chi connectivity index (χ2n) is 9.27. The summed E-state index contributed by atoms with van der Waals surface area (Å²) in [6.07, 6.45) is 5.59. The number of aromatic nitrogens is 3. The van der Waals surface area contributed by atoms with Gasteiger partial charge < -0.3 is 10.4 Å². The van der Waals surface area contributed by atoms with Crippen LogP contribution in [0.4, 0.5) is 4.79 Å². The standard InChI is InChI=1S/C28H26N4O2S/c1-35-26-20-12-13-23-22(25(20)31-32-26)16-21(17-6-3-2-4-7-17)24(29-23)18-8-10-19(11-9-18)28(14-5-15-28)30-27(33)34/h2-4,6-11,16,30H,5,12-15H2,1H3,(H,31,32)(H,33,34). The van der Waals surface area contributed by atoms with Gasteiger partial charge in [-0.1, -0.05) is 54.6 Å². The molecule has 4 aromatic rings. The molecule has 6 nitrogen and oxygen atoms in total. The Balaban J connectivity index is 1.47. The smallest absolute Gasteiger partial charge is 0.405 e. The maximum atomic E-state index is 11.4. The molecular formula is C28H26N4O2S. The van der Waals surface area contributed by atoms with Crippen LogP contribution in [0.25, 0.3) is 33.6 Å². The molecule has 6 rings (SSSR count). The summed E-state index contributed by atoms with van der Waals surface area (Å²) in [6.45, 7) is 0. The third-order valence-corrected chi connectivity index (χ3v) is 8.10. The molecule has 0 spiro atoms. The molecule has 1 amide bonds. The number of carboxylic acid groups (broad SMARTS) is 1. The second-order valence-corrected chi connectivity index (χ2v) is 10.1. The number of nitrogens with one attached hydrogen (secondary N) is 2. The fourth-order valence-corrected chi connectivity index (χ4v) is 5.97. The SMILES string of the molecule is CSc1[nH]nc2c1CCc1nc(-c3ccc(C4(NC(=O)O)CCC4)cc3)c(-c3ccccc3)cc1-2. The zero-order valence-corrected chi connectivity index (χ0v) is 20.3. The van der Waals surface area contributed by atoms with E-state index in [0.29, 0.717) is 0 Å². The van der Waals surface area contributed by atoms with Gasteiger partial charge in [0.05, 0.1) is 27.6 Å². The van der Waals surface area contributed by atoms with Crippen LogP contribution in [0, 0.1) is 0 Å². The van der Waals surface area contributed by atoms with E-state index in [0.717, 1.165) is 82.0 Å². The summed E-state index contributed by atoms with van der Waals surface area (Å²) in [5.41, 5.74) is 9.14. The average molecular weight is 483 g/mol. The quantitative estimate of drug-likeness (QED) is 0.292. The number of fused-ring (bicyclic) bond motifs is 3. The molecule has 1 fully saturated rings. The van der Waals surface area contributed by atoms with Gasteiger partial charge in [0.2, 0.25) is 0 Å². The molecule has 0 radical (unpaired) electrons. The summed E-state index contributed by atoms with van der Waals surface area (Å²) >= 11 is 1.70. The van der Waals surface area contributed by atoms with Crippen molar-refractivity contribution in [1.82, 2.24) is 20.5 Å². The molecule has 1 saturated carbocycles. The molecule has 3 N–H and O–H groups in total. The molecule has 2 aliphatic carbocycles. The zero-order valence-electron chi connectivity index (χ0n) is 19.5. The van der Waals surface area contributed by atoms with Crippen molar-refractivity contribution in [3.8, 4) is 33.6 Å². The molecule has 2 aromatic heterocycles. The van der Waals surface area contributed by atoms with E-state index in [2.05, 4.69) is 64.2 Å². The number of amides is 1. The highest BCUT2D eigenvalue weighted by atomic mass is 32.2. The van der Waals surface area contributed by atoms with E-state index in [1.807, 2.05) is 18.2 Å². The van der Waals surface area contributed by atoms with Gasteiger partial charge in [-0.3, -0.25) is 10.1 Å². The van der Waals surface area contributed by atoms with Gasteiger partial charge in [0, 0.05) is 22.3 Å². The van der Waals surface area contributed by atoms with Crippen molar-refractivity contribution in [2.24, 2.45) is 0 Å². The van der Waals surface area contributed by atoms with Crippen molar-refractivity contribution in [1.29, 1.82) is 0 Å². The van der Waals surface area contributed by atoms with E-state index in [9.17, 15) is 9.90 Å². The maximum absolute atomic E-state index is 11.4. The lowest BCUT2D eigenvalue weighted by Crippen LogP contribution is -2.50. The molecule has 0 saturated heterocycles. The minimum Gasteiger partial charge on any atom is -0.465 e. The van der Waals surface area contributed by atoms with E-state index >= 15 is 0 Å². The Morgan fingerprint density at radius 1 is 1.00 bits per heavy atom. The van der Waals surface area contributed by atoms with Crippen LogP contribution in [0.1, 0.15) is 36.1 Å². The second kappa shape index (κ2) is 8.57. The number of hydrogen-bond donors (Lipinski definition) is 3. The number of rotatable bonds is 5.